The molecule has 2 amide bonds. The van der Waals surface area contributed by atoms with Crippen molar-refractivity contribution in [3.05, 3.63) is 29.8 Å². The van der Waals surface area contributed by atoms with Crippen LogP contribution in [0.25, 0.3) is 0 Å². The first-order valence-corrected chi connectivity index (χ1v) is 9.02. The molecule has 1 aromatic rings. The summed E-state index contributed by atoms with van der Waals surface area (Å²) in [5.74, 6) is 0.0898. The summed E-state index contributed by atoms with van der Waals surface area (Å²) in [6.07, 6.45) is 5.53. The molecule has 1 atom stereocenters. The standard InChI is InChI=1S/C19H29N3O2/c1-3-15(2)21-18(23)14-20-17-10-8-16(9-11-17)19(24)22-12-6-4-5-7-13-22/h8-11,15,20H,3-7,12-14H2,1-2H3,(H,21,23). The van der Waals surface area contributed by atoms with Gasteiger partial charge in [0.05, 0.1) is 6.54 Å². The second-order valence-corrected chi connectivity index (χ2v) is 6.51. The fourth-order valence-corrected chi connectivity index (χ4v) is 2.80. The summed E-state index contributed by atoms with van der Waals surface area (Å²) >= 11 is 0. The highest BCUT2D eigenvalue weighted by atomic mass is 16.2. The SMILES string of the molecule is CCC(C)NC(=O)CNc1ccc(C(=O)N2CCCCCC2)cc1. The Balaban J connectivity index is 1.85. The lowest BCUT2D eigenvalue weighted by Crippen LogP contribution is -2.36. The van der Waals surface area contributed by atoms with E-state index in [4.69, 9.17) is 0 Å². The van der Waals surface area contributed by atoms with Crippen LogP contribution in [0.1, 0.15) is 56.3 Å². The minimum Gasteiger partial charge on any atom is -0.376 e. The zero-order chi connectivity index (χ0) is 17.4. The van der Waals surface area contributed by atoms with E-state index in [1.54, 1.807) is 0 Å². The maximum absolute atomic E-state index is 12.5. The highest BCUT2D eigenvalue weighted by Crippen LogP contribution is 2.15. The van der Waals surface area contributed by atoms with Crippen molar-refractivity contribution in [2.75, 3.05) is 25.0 Å². The highest BCUT2D eigenvalue weighted by Gasteiger charge is 2.17. The molecule has 0 aliphatic carbocycles. The molecule has 1 unspecified atom stereocenters. The number of hydrogen-bond donors (Lipinski definition) is 2. The average Bonchev–Trinajstić information content (AvgIpc) is 2.89. The topological polar surface area (TPSA) is 61.4 Å². The summed E-state index contributed by atoms with van der Waals surface area (Å²) in [6.45, 7) is 5.98. The molecule has 5 nitrogen and oxygen atoms in total. The predicted octanol–water partition coefficient (Wildman–Crippen LogP) is 3.03. The molecule has 132 valence electrons. The largest absolute Gasteiger partial charge is 0.376 e. The third-order valence-corrected chi connectivity index (χ3v) is 4.50. The summed E-state index contributed by atoms with van der Waals surface area (Å²) in [5, 5.41) is 6.01. The van der Waals surface area contributed by atoms with Crippen LogP contribution in [0.2, 0.25) is 0 Å². The molecule has 1 heterocycles. The maximum atomic E-state index is 12.5. The number of hydrogen-bond acceptors (Lipinski definition) is 3. The monoisotopic (exact) mass is 331 g/mol. The van der Waals surface area contributed by atoms with Crippen LogP contribution in [0.4, 0.5) is 5.69 Å². The first kappa shape index (κ1) is 18.3. The highest BCUT2D eigenvalue weighted by molar-refractivity contribution is 5.94. The van der Waals surface area contributed by atoms with E-state index in [2.05, 4.69) is 10.6 Å². The van der Waals surface area contributed by atoms with Crippen molar-refractivity contribution >= 4 is 17.5 Å². The molecule has 0 saturated carbocycles. The number of carbonyl (C=O) groups excluding carboxylic acids is 2. The molecule has 24 heavy (non-hydrogen) atoms. The first-order chi connectivity index (χ1) is 11.6. The Labute approximate surface area is 144 Å². The van der Waals surface area contributed by atoms with Crippen LogP contribution in [-0.2, 0) is 4.79 Å². The van der Waals surface area contributed by atoms with Crippen LogP contribution < -0.4 is 10.6 Å². The first-order valence-electron chi connectivity index (χ1n) is 9.02. The molecule has 5 heteroatoms. The molecule has 0 spiro atoms. The number of amides is 2. The molecule has 0 radical (unpaired) electrons. The zero-order valence-corrected chi connectivity index (χ0v) is 14.8. The second kappa shape index (κ2) is 9.30. The van der Waals surface area contributed by atoms with Crippen LogP contribution >= 0.6 is 0 Å². The lowest BCUT2D eigenvalue weighted by Gasteiger charge is -2.20. The number of benzene rings is 1. The van der Waals surface area contributed by atoms with Gasteiger partial charge in [-0.3, -0.25) is 9.59 Å². The second-order valence-electron chi connectivity index (χ2n) is 6.51. The fraction of sp³-hybridized carbons (Fsp3) is 0.579. The van der Waals surface area contributed by atoms with Crippen LogP contribution in [0.3, 0.4) is 0 Å². The minimum absolute atomic E-state index is 0.0194. The van der Waals surface area contributed by atoms with Crippen molar-refractivity contribution in [2.45, 2.75) is 52.0 Å². The van der Waals surface area contributed by atoms with Gasteiger partial charge in [-0.2, -0.15) is 0 Å². The van der Waals surface area contributed by atoms with Gasteiger partial charge in [-0.1, -0.05) is 19.8 Å². The van der Waals surface area contributed by atoms with E-state index < -0.39 is 0 Å². The predicted molar refractivity (Wildman–Crippen MR) is 97.2 cm³/mol. The van der Waals surface area contributed by atoms with Gasteiger partial charge in [-0.25, -0.2) is 0 Å². The average molecular weight is 331 g/mol. The van der Waals surface area contributed by atoms with Gasteiger partial charge < -0.3 is 15.5 Å². The Hall–Kier alpha value is -2.04. The van der Waals surface area contributed by atoms with Crippen molar-refractivity contribution < 1.29 is 9.59 Å². The van der Waals surface area contributed by atoms with Crippen molar-refractivity contribution in [3.63, 3.8) is 0 Å². The van der Waals surface area contributed by atoms with E-state index in [-0.39, 0.29) is 24.4 Å². The number of anilines is 1. The Bertz CT molecular complexity index is 534. The van der Waals surface area contributed by atoms with E-state index in [1.165, 1.54) is 12.8 Å². The fourth-order valence-electron chi connectivity index (χ4n) is 2.80. The molecule has 0 aromatic heterocycles. The van der Waals surface area contributed by atoms with Crippen molar-refractivity contribution in [3.8, 4) is 0 Å². The van der Waals surface area contributed by atoms with Gasteiger partial charge in [0, 0.05) is 30.4 Å². The quantitative estimate of drug-likeness (QED) is 0.842. The van der Waals surface area contributed by atoms with Gasteiger partial charge in [-0.15, -0.1) is 0 Å². The molecule has 1 fully saturated rings. The van der Waals surface area contributed by atoms with E-state index in [9.17, 15) is 9.59 Å². The third kappa shape index (κ3) is 5.55. The van der Waals surface area contributed by atoms with E-state index in [0.717, 1.165) is 38.0 Å². The number of nitrogens with one attached hydrogen (secondary N) is 2. The van der Waals surface area contributed by atoms with Gasteiger partial charge in [-0.05, 0) is 50.5 Å². The van der Waals surface area contributed by atoms with Gasteiger partial charge in [0.1, 0.15) is 0 Å². The molecular formula is C19H29N3O2. The molecule has 2 N–H and O–H groups in total. The van der Waals surface area contributed by atoms with Crippen LogP contribution in [0, 0.1) is 0 Å². The summed E-state index contributed by atoms with van der Waals surface area (Å²) in [5.41, 5.74) is 1.56. The van der Waals surface area contributed by atoms with E-state index in [0.29, 0.717) is 5.56 Å². The van der Waals surface area contributed by atoms with E-state index >= 15 is 0 Å². The molecule has 1 aliphatic rings. The Morgan fingerprint density at radius 2 is 1.71 bits per heavy atom. The van der Waals surface area contributed by atoms with Gasteiger partial charge in [0.2, 0.25) is 5.91 Å². The summed E-state index contributed by atoms with van der Waals surface area (Å²) in [6, 6.07) is 7.58. The van der Waals surface area contributed by atoms with Crippen LogP contribution in [0.5, 0.6) is 0 Å². The molecular weight excluding hydrogens is 302 g/mol. The van der Waals surface area contributed by atoms with Gasteiger partial charge in [0.15, 0.2) is 0 Å². The third-order valence-electron chi connectivity index (χ3n) is 4.50. The summed E-state index contributed by atoms with van der Waals surface area (Å²) in [4.78, 5) is 26.2. The molecule has 1 aliphatic heterocycles. The Kier molecular flexibility index (Phi) is 7.09. The maximum Gasteiger partial charge on any atom is 0.253 e. The van der Waals surface area contributed by atoms with Crippen molar-refractivity contribution in [1.82, 2.24) is 10.2 Å². The van der Waals surface area contributed by atoms with Gasteiger partial charge >= 0.3 is 0 Å². The summed E-state index contributed by atoms with van der Waals surface area (Å²) < 4.78 is 0. The Morgan fingerprint density at radius 3 is 2.29 bits per heavy atom. The molecule has 2 rings (SSSR count). The number of likely N-dealkylation sites (tertiary alicyclic amines) is 1. The van der Waals surface area contributed by atoms with E-state index in [1.807, 2.05) is 43.0 Å². The zero-order valence-electron chi connectivity index (χ0n) is 14.8. The lowest BCUT2D eigenvalue weighted by molar-refractivity contribution is -0.120. The number of rotatable bonds is 6. The Morgan fingerprint density at radius 1 is 1.08 bits per heavy atom. The number of carbonyl (C=O) groups is 2. The summed E-state index contributed by atoms with van der Waals surface area (Å²) in [7, 11) is 0. The molecule has 0 bridgehead atoms. The number of nitrogens with zero attached hydrogens (tertiary/aromatic N) is 1. The molecule has 1 aromatic carbocycles. The van der Waals surface area contributed by atoms with Crippen molar-refractivity contribution in [2.24, 2.45) is 0 Å². The smallest absolute Gasteiger partial charge is 0.253 e. The van der Waals surface area contributed by atoms with Crippen LogP contribution in [0.15, 0.2) is 24.3 Å². The van der Waals surface area contributed by atoms with Gasteiger partial charge in [0.25, 0.3) is 5.91 Å². The normalized spacial score (nSPS) is 16.2. The van der Waals surface area contributed by atoms with Crippen molar-refractivity contribution in [1.29, 1.82) is 0 Å². The van der Waals surface area contributed by atoms with Crippen LogP contribution in [-0.4, -0.2) is 42.4 Å². The minimum atomic E-state index is -0.0194. The lowest BCUT2D eigenvalue weighted by atomic mass is 10.1. The molecule has 1 saturated heterocycles.